The van der Waals surface area contributed by atoms with Crippen LogP contribution in [-0.2, 0) is 6.54 Å². The Kier molecular flexibility index (Phi) is 3.67. The zero-order chi connectivity index (χ0) is 13.9. The fraction of sp³-hybridized carbons (Fsp3) is 0.400. The van der Waals surface area contributed by atoms with Crippen LogP contribution in [0.2, 0.25) is 0 Å². The predicted molar refractivity (Wildman–Crippen MR) is 73.4 cm³/mol. The molecule has 1 saturated carbocycles. The Bertz CT molecular complexity index is 589. The van der Waals surface area contributed by atoms with Gasteiger partial charge in [0.1, 0.15) is 0 Å². The van der Waals surface area contributed by atoms with Crippen molar-refractivity contribution in [3.63, 3.8) is 0 Å². The zero-order valence-corrected chi connectivity index (χ0v) is 11.1. The predicted octanol–water partition coefficient (Wildman–Crippen LogP) is 3.89. The maximum absolute atomic E-state index is 13.1. The Morgan fingerprint density at radius 2 is 2.00 bits per heavy atom. The standard InChI is InChI=1S/C15H17F2N3/c16-13-6-5-11(9-14(13)17)10-19-15-18-7-8-20(15)12-3-1-2-4-12/h5-9,12H,1-4,10H2,(H,18,19). The molecule has 1 aromatic heterocycles. The first-order valence-corrected chi connectivity index (χ1v) is 6.94. The summed E-state index contributed by atoms with van der Waals surface area (Å²) in [5.74, 6) is -0.841. The normalized spacial score (nSPS) is 15.7. The van der Waals surface area contributed by atoms with Crippen LogP contribution in [0.4, 0.5) is 14.7 Å². The Morgan fingerprint density at radius 1 is 1.20 bits per heavy atom. The second kappa shape index (κ2) is 5.61. The van der Waals surface area contributed by atoms with E-state index in [2.05, 4.69) is 14.9 Å². The monoisotopic (exact) mass is 277 g/mol. The molecule has 20 heavy (non-hydrogen) atoms. The summed E-state index contributed by atoms with van der Waals surface area (Å²) in [6, 6.07) is 4.44. The zero-order valence-electron chi connectivity index (χ0n) is 11.1. The highest BCUT2D eigenvalue weighted by molar-refractivity contribution is 5.30. The van der Waals surface area contributed by atoms with Crippen molar-refractivity contribution in [2.45, 2.75) is 38.3 Å². The second-order valence-corrected chi connectivity index (χ2v) is 5.20. The Labute approximate surface area is 116 Å². The van der Waals surface area contributed by atoms with Crippen molar-refractivity contribution in [2.75, 3.05) is 5.32 Å². The molecule has 0 atom stereocenters. The summed E-state index contributed by atoms with van der Waals surface area (Å²) in [4.78, 5) is 4.30. The lowest BCUT2D eigenvalue weighted by Crippen LogP contribution is -2.10. The Balaban J connectivity index is 1.69. The summed E-state index contributed by atoms with van der Waals surface area (Å²) in [5.41, 5.74) is 0.699. The van der Waals surface area contributed by atoms with Crippen molar-refractivity contribution < 1.29 is 8.78 Å². The molecule has 1 fully saturated rings. The molecule has 0 radical (unpaired) electrons. The summed E-state index contributed by atoms with van der Waals surface area (Å²) in [7, 11) is 0. The van der Waals surface area contributed by atoms with Crippen molar-refractivity contribution in [3.8, 4) is 0 Å². The van der Waals surface area contributed by atoms with Crippen molar-refractivity contribution in [3.05, 3.63) is 47.8 Å². The third kappa shape index (κ3) is 2.66. The second-order valence-electron chi connectivity index (χ2n) is 5.20. The molecule has 1 aromatic carbocycles. The first-order chi connectivity index (χ1) is 9.74. The molecular weight excluding hydrogens is 260 g/mol. The number of hydrogen-bond acceptors (Lipinski definition) is 2. The molecule has 3 rings (SSSR count). The number of hydrogen-bond donors (Lipinski definition) is 1. The first-order valence-electron chi connectivity index (χ1n) is 6.94. The molecule has 0 spiro atoms. The van der Waals surface area contributed by atoms with E-state index in [1.54, 1.807) is 12.3 Å². The van der Waals surface area contributed by atoms with Gasteiger partial charge in [-0.3, -0.25) is 0 Å². The number of halogens is 2. The van der Waals surface area contributed by atoms with Gasteiger partial charge >= 0.3 is 0 Å². The minimum absolute atomic E-state index is 0.431. The van der Waals surface area contributed by atoms with E-state index < -0.39 is 11.6 Å². The molecule has 2 aromatic rings. The third-order valence-corrected chi connectivity index (χ3v) is 3.82. The largest absolute Gasteiger partial charge is 0.352 e. The van der Waals surface area contributed by atoms with E-state index in [0.717, 1.165) is 12.0 Å². The van der Waals surface area contributed by atoms with E-state index in [4.69, 9.17) is 0 Å². The minimum Gasteiger partial charge on any atom is -0.352 e. The van der Waals surface area contributed by atoms with Gasteiger partial charge in [0.25, 0.3) is 0 Å². The summed E-state index contributed by atoms with van der Waals surface area (Å²) >= 11 is 0. The molecule has 0 saturated heterocycles. The van der Waals surface area contributed by atoms with Crippen LogP contribution in [0.5, 0.6) is 0 Å². The van der Waals surface area contributed by atoms with Crippen molar-refractivity contribution in [1.29, 1.82) is 0 Å². The van der Waals surface area contributed by atoms with Crippen molar-refractivity contribution in [2.24, 2.45) is 0 Å². The van der Waals surface area contributed by atoms with Gasteiger partial charge in [0.05, 0.1) is 0 Å². The number of aromatic nitrogens is 2. The maximum atomic E-state index is 13.1. The van der Waals surface area contributed by atoms with Gasteiger partial charge in [-0.15, -0.1) is 0 Å². The molecule has 0 bridgehead atoms. The van der Waals surface area contributed by atoms with Crippen molar-refractivity contribution in [1.82, 2.24) is 9.55 Å². The van der Waals surface area contributed by atoms with Gasteiger partial charge in [0, 0.05) is 25.0 Å². The van der Waals surface area contributed by atoms with Gasteiger partial charge in [-0.05, 0) is 30.5 Å². The van der Waals surface area contributed by atoms with Crippen LogP contribution < -0.4 is 5.32 Å². The fourth-order valence-corrected chi connectivity index (χ4v) is 2.76. The number of nitrogens with one attached hydrogen (secondary N) is 1. The maximum Gasteiger partial charge on any atom is 0.203 e. The topological polar surface area (TPSA) is 29.9 Å². The summed E-state index contributed by atoms with van der Waals surface area (Å²) in [6.07, 6.45) is 8.61. The van der Waals surface area contributed by atoms with Crippen molar-refractivity contribution >= 4 is 5.95 Å². The highest BCUT2D eigenvalue weighted by Gasteiger charge is 2.19. The van der Waals surface area contributed by atoms with Gasteiger partial charge < -0.3 is 9.88 Å². The SMILES string of the molecule is Fc1ccc(CNc2nccn2C2CCCC2)cc1F. The average molecular weight is 277 g/mol. The van der Waals surface area contributed by atoms with E-state index in [1.165, 1.54) is 31.7 Å². The molecule has 1 aliphatic carbocycles. The quantitative estimate of drug-likeness (QED) is 0.919. The number of anilines is 1. The summed E-state index contributed by atoms with van der Waals surface area (Å²) < 4.78 is 28.2. The third-order valence-electron chi connectivity index (χ3n) is 3.82. The van der Waals surface area contributed by atoms with Crippen LogP contribution in [0.1, 0.15) is 37.3 Å². The number of benzene rings is 1. The fourth-order valence-electron chi connectivity index (χ4n) is 2.76. The van der Waals surface area contributed by atoms with Gasteiger partial charge in [-0.25, -0.2) is 13.8 Å². The van der Waals surface area contributed by atoms with Gasteiger partial charge in [-0.1, -0.05) is 18.9 Å². The van der Waals surface area contributed by atoms with Crippen LogP contribution in [0, 0.1) is 11.6 Å². The number of rotatable bonds is 4. The van der Waals surface area contributed by atoms with Crippen LogP contribution in [0.3, 0.4) is 0 Å². The molecule has 1 aliphatic rings. The molecular formula is C15H17F2N3. The van der Waals surface area contributed by atoms with Crippen LogP contribution in [0.15, 0.2) is 30.6 Å². The summed E-state index contributed by atoms with van der Waals surface area (Å²) in [5, 5.41) is 3.20. The first kappa shape index (κ1) is 13.1. The lowest BCUT2D eigenvalue weighted by Gasteiger charge is -2.15. The molecule has 106 valence electrons. The lowest BCUT2D eigenvalue weighted by atomic mass is 10.2. The van der Waals surface area contributed by atoms with E-state index in [9.17, 15) is 8.78 Å². The summed E-state index contributed by atoms with van der Waals surface area (Å²) in [6.45, 7) is 0.431. The van der Waals surface area contributed by atoms with Gasteiger partial charge in [0.2, 0.25) is 5.95 Å². The smallest absolute Gasteiger partial charge is 0.203 e. The van der Waals surface area contributed by atoms with Crippen LogP contribution in [0.25, 0.3) is 0 Å². The average Bonchev–Trinajstić information content (AvgIpc) is 3.09. The van der Waals surface area contributed by atoms with E-state index in [1.807, 2.05) is 6.20 Å². The molecule has 0 amide bonds. The molecule has 0 unspecified atom stereocenters. The van der Waals surface area contributed by atoms with E-state index >= 15 is 0 Å². The highest BCUT2D eigenvalue weighted by Crippen LogP contribution is 2.31. The number of nitrogens with zero attached hydrogens (tertiary/aromatic N) is 2. The number of imidazole rings is 1. The minimum atomic E-state index is -0.818. The Morgan fingerprint density at radius 3 is 2.75 bits per heavy atom. The van der Waals surface area contributed by atoms with E-state index in [-0.39, 0.29) is 0 Å². The molecule has 1 N–H and O–H groups in total. The molecule has 3 nitrogen and oxygen atoms in total. The molecule has 0 aliphatic heterocycles. The molecule has 1 heterocycles. The van der Waals surface area contributed by atoms with Crippen LogP contribution >= 0.6 is 0 Å². The highest BCUT2D eigenvalue weighted by atomic mass is 19.2. The van der Waals surface area contributed by atoms with E-state index in [0.29, 0.717) is 18.2 Å². The molecule has 5 heteroatoms. The lowest BCUT2D eigenvalue weighted by molar-refractivity contribution is 0.507. The van der Waals surface area contributed by atoms with Crippen LogP contribution in [-0.4, -0.2) is 9.55 Å². The van der Waals surface area contributed by atoms with Gasteiger partial charge in [-0.2, -0.15) is 0 Å². The van der Waals surface area contributed by atoms with Gasteiger partial charge in [0.15, 0.2) is 11.6 Å². The Hall–Kier alpha value is -1.91.